The van der Waals surface area contributed by atoms with E-state index in [1.165, 1.54) is 5.56 Å². The van der Waals surface area contributed by atoms with Crippen LogP contribution in [0.4, 0.5) is 0 Å². The summed E-state index contributed by atoms with van der Waals surface area (Å²) in [5.41, 5.74) is 4.43. The van der Waals surface area contributed by atoms with Crippen molar-refractivity contribution in [3.05, 3.63) is 54.2 Å². The zero-order valence-corrected chi connectivity index (χ0v) is 9.62. The summed E-state index contributed by atoms with van der Waals surface area (Å²) in [5.74, 6) is 0. The van der Waals surface area contributed by atoms with Crippen molar-refractivity contribution < 1.29 is 0 Å². The van der Waals surface area contributed by atoms with Crippen molar-refractivity contribution >= 4 is 11.3 Å². The van der Waals surface area contributed by atoms with Gasteiger partial charge in [-0.05, 0) is 38.0 Å². The van der Waals surface area contributed by atoms with Crippen molar-refractivity contribution in [3.63, 3.8) is 0 Å². The molecule has 0 spiro atoms. The average Bonchev–Trinajstić information content (AvgIpc) is 2.18. The fourth-order valence-electron chi connectivity index (χ4n) is 1.14. The highest BCUT2D eigenvalue weighted by Crippen LogP contribution is 2.14. The summed E-state index contributed by atoms with van der Waals surface area (Å²) >= 11 is 0. The van der Waals surface area contributed by atoms with Gasteiger partial charge in [0.1, 0.15) is 0 Å². The minimum Gasteiger partial charge on any atom is -0.266 e. The summed E-state index contributed by atoms with van der Waals surface area (Å²) in [6, 6.07) is 8.32. The van der Waals surface area contributed by atoms with E-state index in [-0.39, 0.29) is 0 Å². The maximum absolute atomic E-state index is 4.18. The molecule has 0 saturated heterocycles. The molecule has 0 heterocycles. The molecule has 0 fully saturated rings. The number of nitrogens with zero attached hydrogens (tertiary/aromatic N) is 1. The van der Waals surface area contributed by atoms with Crippen molar-refractivity contribution in [2.45, 2.75) is 20.8 Å². The van der Waals surface area contributed by atoms with Crippen LogP contribution in [0.3, 0.4) is 0 Å². The highest BCUT2D eigenvalue weighted by molar-refractivity contribution is 5.80. The van der Waals surface area contributed by atoms with Crippen LogP contribution in [0.15, 0.2) is 48.1 Å². The number of hydrogen-bond donors (Lipinski definition) is 0. The Hall–Kier alpha value is -1.63. The third kappa shape index (κ3) is 3.94. The Labute approximate surface area is 91.9 Å². The van der Waals surface area contributed by atoms with Crippen molar-refractivity contribution in [1.29, 1.82) is 0 Å². The van der Waals surface area contributed by atoms with Crippen LogP contribution >= 0.6 is 0 Å². The van der Waals surface area contributed by atoms with E-state index in [0.717, 1.165) is 16.8 Å². The topological polar surface area (TPSA) is 12.4 Å². The maximum Gasteiger partial charge on any atom is 0.0272 e. The lowest BCUT2D eigenvalue weighted by molar-refractivity contribution is 1.45. The van der Waals surface area contributed by atoms with Crippen LogP contribution in [-0.2, 0) is 0 Å². The summed E-state index contributed by atoms with van der Waals surface area (Å²) in [5, 5.41) is 0. The Kier molecular flexibility index (Phi) is 4.04. The molecular weight excluding hydrogens is 182 g/mol. The summed E-state index contributed by atoms with van der Waals surface area (Å²) in [7, 11) is 0. The van der Waals surface area contributed by atoms with Crippen LogP contribution in [-0.4, -0.2) is 5.71 Å². The van der Waals surface area contributed by atoms with E-state index >= 15 is 0 Å². The van der Waals surface area contributed by atoms with E-state index in [0.29, 0.717) is 0 Å². The largest absolute Gasteiger partial charge is 0.266 e. The number of rotatable bonds is 3. The SMILES string of the molecule is C=C(/C=C\N=C(C)C)c1ccc(C)cc1. The van der Waals surface area contributed by atoms with E-state index < -0.39 is 0 Å². The zero-order chi connectivity index (χ0) is 11.3. The minimum atomic E-state index is 0.986. The van der Waals surface area contributed by atoms with Crippen LogP contribution in [0.2, 0.25) is 0 Å². The number of aliphatic imine (C=N–C) groups is 1. The van der Waals surface area contributed by atoms with Crippen molar-refractivity contribution in [2.24, 2.45) is 4.99 Å². The molecule has 0 atom stereocenters. The molecule has 0 aliphatic carbocycles. The fourth-order valence-corrected chi connectivity index (χ4v) is 1.14. The number of benzene rings is 1. The van der Waals surface area contributed by atoms with Crippen LogP contribution in [0.25, 0.3) is 5.57 Å². The van der Waals surface area contributed by atoms with E-state index in [1.807, 2.05) is 19.9 Å². The van der Waals surface area contributed by atoms with E-state index in [4.69, 9.17) is 0 Å². The van der Waals surface area contributed by atoms with Crippen LogP contribution in [0, 0.1) is 6.92 Å². The summed E-state index contributed by atoms with van der Waals surface area (Å²) in [4.78, 5) is 4.18. The van der Waals surface area contributed by atoms with Crippen molar-refractivity contribution in [2.75, 3.05) is 0 Å². The van der Waals surface area contributed by atoms with Crippen molar-refractivity contribution in [1.82, 2.24) is 0 Å². The van der Waals surface area contributed by atoms with Gasteiger partial charge in [0.05, 0.1) is 0 Å². The van der Waals surface area contributed by atoms with Gasteiger partial charge >= 0.3 is 0 Å². The second-order valence-electron chi connectivity index (χ2n) is 3.78. The lowest BCUT2D eigenvalue weighted by Gasteiger charge is -2.00. The Morgan fingerprint density at radius 3 is 2.33 bits per heavy atom. The molecule has 0 aromatic heterocycles. The first-order valence-corrected chi connectivity index (χ1v) is 5.03. The van der Waals surface area contributed by atoms with E-state index in [1.54, 1.807) is 6.20 Å². The number of hydrogen-bond acceptors (Lipinski definition) is 1. The molecule has 0 saturated carbocycles. The first-order chi connectivity index (χ1) is 7.09. The first-order valence-electron chi connectivity index (χ1n) is 5.03. The van der Waals surface area contributed by atoms with Gasteiger partial charge in [0.25, 0.3) is 0 Å². The molecular formula is C14H17N. The molecule has 0 aliphatic heterocycles. The average molecular weight is 199 g/mol. The maximum atomic E-state index is 4.18. The molecule has 15 heavy (non-hydrogen) atoms. The van der Waals surface area contributed by atoms with Gasteiger partial charge < -0.3 is 0 Å². The second kappa shape index (κ2) is 5.30. The number of aryl methyl sites for hydroxylation is 1. The van der Waals surface area contributed by atoms with Gasteiger partial charge in [-0.25, -0.2) is 0 Å². The fraction of sp³-hybridized carbons (Fsp3) is 0.214. The molecule has 0 aliphatic rings. The molecule has 1 nitrogen and oxygen atoms in total. The molecule has 0 amide bonds. The summed E-state index contributed by atoms with van der Waals surface area (Å²) < 4.78 is 0. The zero-order valence-electron chi connectivity index (χ0n) is 9.62. The Balaban J connectivity index is 2.74. The summed E-state index contributed by atoms with van der Waals surface area (Å²) in [6.45, 7) is 10.0. The molecule has 0 bridgehead atoms. The predicted molar refractivity (Wildman–Crippen MR) is 68.1 cm³/mol. The molecule has 0 N–H and O–H groups in total. The smallest absolute Gasteiger partial charge is 0.0272 e. The normalized spacial score (nSPS) is 10.3. The van der Waals surface area contributed by atoms with Crippen LogP contribution < -0.4 is 0 Å². The highest BCUT2D eigenvalue weighted by atomic mass is 14.7. The third-order valence-corrected chi connectivity index (χ3v) is 2.03. The highest BCUT2D eigenvalue weighted by Gasteiger charge is 1.93. The molecule has 0 radical (unpaired) electrons. The molecule has 78 valence electrons. The van der Waals surface area contributed by atoms with Gasteiger partial charge in [0, 0.05) is 11.9 Å². The Bertz CT molecular complexity index is 390. The van der Waals surface area contributed by atoms with Crippen molar-refractivity contribution in [3.8, 4) is 0 Å². The van der Waals surface area contributed by atoms with E-state index in [2.05, 4.69) is 42.8 Å². The van der Waals surface area contributed by atoms with Gasteiger partial charge in [0.2, 0.25) is 0 Å². The quantitative estimate of drug-likeness (QED) is 0.515. The molecule has 1 aromatic rings. The summed E-state index contributed by atoms with van der Waals surface area (Å²) in [6.07, 6.45) is 3.72. The molecule has 1 aromatic carbocycles. The van der Waals surface area contributed by atoms with Gasteiger partial charge in [-0.15, -0.1) is 0 Å². The lowest BCUT2D eigenvalue weighted by atomic mass is 10.1. The second-order valence-corrected chi connectivity index (χ2v) is 3.78. The number of allylic oxidation sites excluding steroid dienone is 2. The molecule has 0 unspecified atom stereocenters. The van der Waals surface area contributed by atoms with Crippen LogP contribution in [0.1, 0.15) is 25.0 Å². The standard InChI is InChI=1S/C14H17N/c1-11(2)15-10-9-13(4)14-7-5-12(3)6-8-14/h5-10H,4H2,1-3H3/b10-9-. The van der Waals surface area contributed by atoms with Gasteiger partial charge in [0.15, 0.2) is 0 Å². The first kappa shape index (κ1) is 11.4. The monoisotopic (exact) mass is 199 g/mol. The van der Waals surface area contributed by atoms with Gasteiger partial charge in [-0.1, -0.05) is 36.4 Å². The minimum absolute atomic E-state index is 0.986. The lowest BCUT2D eigenvalue weighted by Crippen LogP contribution is -1.80. The molecule has 1 rings (SSSR count). The molecule has 1 heteroatoms. The van der Waals surface area contributed by atoms with Gasteiger partial charge in [-0.2, -0.15) is 0 Å². The Morgan fingerprint density at radius 1 is 1.20 bits per heavy atom. The third-order valence-electron chi connectivity index (χ3n) is 2.03. The van der Waals surface area contributed by atoms with Crippen LogP contribution in [0.5, 0.6) is 0 Å². The Morgan fingerprint density at radius 2 is 1.80 bits per heavy atom. The van der Waals surface area contributed by atoms with Gasteiger partial charge in [-0.3, -0.25) is 4.99 Å². The predicted octanol–water partition coefficient (Wildman–Crippen LogP) is 4.00. The van der Waals surface area contributed by atoms with E-state index in [9.17, 15) is 0 Å².